The van der Waals surface area contributed by atoms with E-state index in [9.17, 15) is 4.79 Å². The Morgan fingerprint density at radius 2 is 1.79 bits per heavy atom. The van der Waals surface area contributed by atoms with Crippen molar-refractivity contribution in [2.24, 2.45) is 0 Å². The molecule has 3 N–H and O–H groups in total. The van der Waals surface area contributed by atoms with Crippen LogP contribution < -0.4 is 20.9 Å². The van der Waals surface area contributed by atoms with Crippen molar-refractivity contribution >= 4 is 35.0 Å². The van der Waals surface area contributed by atoms with E-state index >= 15 is 0 Å². The van der Waals surface area contributed by atoms with Crippen LogP contribution >= 0.6 is 0 Å². The number of anilines is 5. The Balaban J connectivity index is 1.49. The van der Waals surface area contributed by atoms with Crippen molar-refractivity contribution in [2.45, 2.75) is 27.2 Å². The lowest BCUT2D eigenvalue weighted by atomic mass is 10.2. The predicted molar refractivity (Wildman–Crippen MR) is 134 cm³/mol. The van der Waals surface area contributed by atoms with Gasteiger partial charge in [0.2, 0.25) is 17.8 Å². The zero-order valence-electron chi connectivity index (χ0n) is 20.0. The molecule has 2 aromatic heterocycles. The summed E-state index contributed by atoms with van der Waals surface area (Å²) >= 11 is 0. The fraction of sp³-hybridized carbons (Fsp3) is 0.435. The van der Waals surface area contributed by atoms with Crippen LogP contribution in [0.15, 0.2) is 36.7 Å². The van der Waals surface area contributed by atoms with Gasteiger partial charge in [0.05, 0.1) is 0 Å². The minimum atomic E-state index is 0.100. The number of nitrogens with two attached hydrogens (primary N) is 1. The summed E-state index contributed by atoms with van der Waals surface area (Å²) in [5.41, 5.74) is 8.20. The van der Waals surface area contributed by atoms with Gasteiger partial charge < -0.3 is 25.8 Å². The van der Waals surface area contributed by atoms with Gasteiger partial charge >= 0.3 is 0 Å². The van der Waals surface area contributed by atoms with Gasteiger partial charge in [0.15, 0.2) is 5.82 Å². The van der Waals surface area contributed by atoms with Gasteiger partial charge in [-0.15, -0.1) is 5.10 Å². The average Bonchev–Trinajstić information content (AvgIpc) is 3.04. The summed E-state index contributed by atoms with van der Waals surface area (Å²) in [6.07, 6.45) is 2.38. The molecule has 3 heterocycles. The van der Waals surface area contributed by atoms with Gasteiger partial charge in [0, 0.05) is 63.6 Å². The van der Waals surface area contributed by atoms with E-state index in [0.717, 1.165) is 44.1 Å². The van der Waals surface area contributed by atoms with E-state index in [1.54, 1.807) is 6.92 Å². The van der Waals surface area contributed by atoms with Gasteiger partial charge in [-0.3, -0.25) is 4.79 Å². The molecular weight excluding hydrogens is 432 g/mol. The molecule has 0 radical (unpaired) electrons. The molecule has 34 heavy (non-hydrogen) atoms. The Bertz CT molecular complexity index is 1110. The van der Waals surface area contributed by atoms with E-state index in [-0.39, 0.29) is 11.9 Å². The Hall–Kier alpha value is -3.89. The van der Waals surface area contributed by atoms with Crippen molar-refractivity contribution in [3.05, 3.63) is 36.7 Å². The molecule has 1 amide bonds. The lowest BCUT2D eigenvalue weighted by Gasteiger charge is -2.22. The predicted octanol–water partition coefficient (Wildman–Crippen LogP) is 2.29. The molecule has 180 valence electrons. The second-order valence-electron chi connectivity index (χ2n) is 8.13. The average molecular weight is 465 g/mol. The normalized spacial score (nSPS) is 14.1. The first-order valence-corrected chi connectivity index (χ1v) is 11.7. The zero-order valence-corrected chi connectivity index (χ0v) is 20.0. The number of hydrogen-bond acceptors (Lipinski definition) is 9. The Labute approximate surface area is 199 Å². The summed E-state index contributed by atoms with van der Waals surface area (Å²) in [7, 11) is 0. The van der Waals surface area contributed by atoms with Crippen molar-refractivity contribution in [3.63, 3.8) is 0 Å². The number of nitrogens with one attached hydrogen (secondary N) is 1. The fourth-order valence-corrected chi connectivity index (χ4v) is 4.11. The highest BCUT2D eigenvalue weighted by Crippen LogP contribution is 2.22. The molecule has 1 aliphatic rings. The third-order valence-corrected chi connectivity index (χ3v) is 6.00. The highest BCUT2D eigenvalue weighted by Gasteiger charge is 2.19. The second-order valence-corrected chi connectivity index (χ2v) is 8.13. The van der Waals surface area contributed by atoms with E-state index in [1.807, 2.05) is 23.1 Å². The van der Waals surface area contributed by atoms with Crippen LogP contribution in [0.5, 0.6) is 0 Å². The third-order valence-electron chi connectivity index (χ3n) is 6.00. The van der Waals surface area contributed by atoms with Crippen LogP contribution in [0.3, 0.4) is 0 Å². The molecule has 11 heteroatoms. The van der Waals surface area contributed by atoms with Crippen molar-refractivity contribution in [1.82, 2.24) is 29.6 Å². The summed E-state index contributed by atoms with van der Waals surface area (Å²) in [5.74, 6) is 2.02. The van der Waals surface area contributed by atoms with Gasteiger partial charge in [-0.1, -0.05) is 0 Å². The SMILES string of the molecule is CCN(CC)c1ccc(Nc2nc(N)n(-c3cc(N4CCCN(C(C)=O)CC4)ncn3)n2)cc1. The van der Waals surface area contributed by atoms with Crippen molar-refractivity contribution in [3.8, 4) is 5.82 Å². The Morgan fingerprint density at radius 1 is 1.06 bits per heavy atom. The number of carbonyl (C=O) groups excluding carboxylic acids is 1. The van der Waals surface area contributed by atoms with Crippen molar-refractivity contribution in [2.75, 3.05) is 60.1 Å². The van der Waals surface area contributed by atoms with Crippen LogP contribution in [-0.4, -0.2) is 74.8 Å². The first-order valence-electron chi connectivity index (χ1n) is 11.7. The zero-order chi connectivity index (χ0) is 24.1. The minimum absolute atomic E-state index is 0.100. The summed E-state index contributed by atoms with van der Waals surface area (Å²) in [5, 5.41) is 7.71. The van der Waals surface area contributed by atoms with Crippen LogP contribution in [0.1, 0.15) is 27.2 Å². The number of carbonyl (C=O) groups is 1. The number of rotatable bonds is 7. The number of nitrogen functional groups attached to an aromatic ring is 1. The summed E-state index contributed by atoms with van der Waals surface area (Å²) in [6, 6.07) is 9.98. The molecule has 1 aliphatic heterocycles. The topological polar surface area (TPSA) is 121 Å². The number of benzene rings is 1. The van der Waals surface area contributed by atoms with Crippen LogP contribution in [0.4, 0.5) is 29.1 Å². The van der Waals surface area contributed by atoms with Gasteiger partial charge in [-0.25, -0.2) is 9.97 Å². The third kappa shape index (κ3) is 5.19. The van der Waals surface area contributed by atoms with E-state index in [0.29, 0.717) is 24.9 Å². The second kappa shape index (κ2) is 10.4. The molecule has 0 atom stereocenters. The van der Waals surface area contributed by atoms with Crippen LogP contribution in [0.25, 0.3) is 5.82 Å². The monoisotopic (exact) mass is 464 g/mol. The largest absolute Gasteiger partial charge is 0.372 e. The highest BCUT2D eigenvalue weighted by molar-refractivity contribution is 5.73. The maximum absolute atomic E-state index is 11.7. The quantitative estimate of drug-likeness (QED) is 0.542. The summed E-state index contributed by atoms with van der Waals surface area (Å²) in [4.78, 5) is 31.1. The molecule has 0 spiro atoms. The Morgan fingerprint density at radius 3 is 2.50 bits per heavy atom. The van der Waals surface area contributed by atoms with Crippen LogP contribution in [0.2, 0.25) is 0 Å². The molecule has 0 unspecified atom stereocenters. The molecule has 3 aromatic rings. The smallest absolute Gasteiger partial charge is 0.248 e. The van der Waals surface area contributed by atoms with E-state index < -0.39 is 0 Å². The van der Waals surface area contributed by atoms with Gasteiger partial charge in [-0.2, -0.15) is 9.67 Å². The van der Waals surface area contributed by atoms with Crippen molar-refractivity contribution < 1.29 is 4.79 Å². The standard InChI is InChI=1S/C23H32N10O/c1-4-30(5-2)19-9-7-18(8-10-19)27-23-28-22(24)33(29-23)21-15-20(25-16-26-21)32-12-6-11-31(13-14-32)17(3)34/h7-10,15-16H,4-6,11-14H2,1-3H3,(H3,24,27,28,29). The number of hydrogen-bond donors (Lipinski definition) is 2. The summed E-state index contributed by atoms with van der Waals surface area (Å²) in [6.45, 7) is 10.7. The highest BCUT2D eigenvalue weighted by atomic mass is 16.2. The van der Waals surface area contributed by atoms with Gasteiger partial charge in [0.1, 0.15) is 12.1 Å². The number of aromatic nitrogens is 5. The number of amides is 1. The molecule has 0 saturated carbocycles. The lowest BCUT2D eigenvalue weighted by molar-refractivity contribution is -0.128. The molecule has 1 aromatic carbocycles. The summed E-state index contributed by atoms with van der Waals surface area (Å²) < 4.78 is 1.50. The van der Waals surface area contributed by atoms with E-state index in [1.165, 1.54) is 16.7 Å². The molecule has 1 saturated heterocycles. The molecular formula is C23H32N10O. The van der Waals surface area contributed by atoms with Crippen molar-refractivity contribution in [1.29, 1.82) is 0 Å². The Kier molecular flexibility index (Phi) is 7.09. The van der Waals surface area contributed by atoms with Crippen LogP contribution in [-0.2, 0) is 4.79 Å². The molecule has 1 fully saturated rings. The van der Waals surface area contributed by atoms with E-state index in [2.05, 4.69) is 61.1 Å². The molecule has 0 bridgehead atoms. The molecule has 0 aliphatic carbocycles. The molecule has 11 nitrogen and oxygen atoms in total. The first-order chi connectivity index (χ1) is 16.5. The lowest BCUT2D eigenvalue weighted by Crippen LogP contribution is -2.33. The maximum atomic E-state index is 11.7. The maximum Gasteiger partial charge on any atom is 0.248 e. The van der Waals surface area contributed by atoms with Gasteiger partial charge in [0.25, 0.3) is 0 Å². The molecule has 4 rings (SSSR count). The fourth-order valence-electron chi connectivity index (χ4n) is 4.11. The van der Waals surface area contributed by atoms with E-state index in [4.69, 9.17) is 5.73 Å². The van der Waals surface area contributed by atoms with Crippen LogP contribution in [0, 0.1) is 0 Å². The minimum Gasteiger partial charge on any atom is -0.372 e. The first kappa shape index (κ1) is 23.3. The number of nitrogens with zero attached hydrogens (tertiary/aromatic N) is 8. The van der Waals surface area contributed by atoms with Gasteiger partial charge in [-0.05, 0) is 44.5 Å².